The van der Waals surface area contributed by atoms with Crippen molar-refractivity contribution in [2.45, 2.75) is 136 Å². The van der Waals surface area contributed by atoms with Gasteiger partial charge in [0.05, 0.1) is 0 Å². The number of fused-ring (bicyclic) bond motifs is 5. The van der Waals surface area contributed by atoms with E-state index in [9.17, 15) is 4.79 Å². The molecule has 2 nitrogen and oxygen atoms in total. The molecule has 0 aliphatic heterocycles. The predicted octanol–water partition coefficient (Wildman–Crippen LogP) is 9.50. The minimum atomic E-state index is -0.148. The molecule has 0 aromatic carbocycles. The Morgan fingerprint density at radius 3 is 2.54 bits per heavy atom. The largest absolute Gasteiger partial charge is 0.461 e. The van der Waals surface area contributed by atoms with Crippen molar-refractivity contribution in [2.75, 3.05) is 0 Å². The molecule has 35 heavy (non-hydrogen) atoms. The summed E-state index contributed by atoms with van der Waals surface area (Å²) in [6, 6.07) is 0. The van der Waals surface area contributed by atoms with Gasteiger partial charge in [-0.1, -0.05) is 94.8 Å². The zero-order chi connectivity index (χ0) is 25.4. The van der Waals surface area contributed by atoms with Crippen molar-refractivity contribution in [3.63, 3.8) is 0 Å². The van der Waals surface area contributed by atoms with Crippen molar-refractivity contribution in [1.82, 2.24) is 0 Å². The maximum Gasteiger partial charge on any atom is 0.320 e. The number of hydrogen-bond donors (Lipinski definition) is 0. The zero-order valence-corrected chi connectivity index (χ0v) is 25.2. The van der Waals surface area contributed by atoms with Crippen LogP contribution >= 0.6 is 15.9 Å². The van der Waals surface area contributed by atoms with E-state index in [1.54, 1.807) is 5.57 Å². The number of alkyl halides is 1. The quantitative estimate of drug-likeness (QED) is 0.163. The van der Waals surface area contributed by atoms with Crippen LogP contribution in [0.4, 0.5) is 0 Å². The van der Waals surface area contributed by atoms with Gasteiger partial charge in [-0.15, -0.1) is 0 Å². The fourth-order valence-corrected chi connectivity index (χ4v) is 9.93. The number of carbonyl (C=O) groups is 1. The summed E-state index contributed by atoms with van der Waals surface area (Å²) in [6.07, 6.45) is 19.0. The van der Waals surface area contributed by atoms with Gasteiger partial charge in [-0.2, -0.15) is 0 Å². The SMILES string of the molecule is CCC[C@H](Br)C(=O)O[C@H]1CC[C@@]2(C)C(=CC[C@H]3[C@H]4CC[C@H]([C@H](C)CCCC(C)C)[C@@]4(C)CC[C@@H]32)C1. The van der Waals surface area contributed by atoms with Crippen molar-refractivity contribution in [3.8, 4) is 0 Å². The summed E-state index contributed by atoms with van der Waals surface area (Å²) >= 11 is 3.53. The molecule has 0 unspecified atom stereocenters. The first-order valence-electron chi connectivity index (χ1n) is 15.1. The smallest absolute Gasteiger partial charge is 0.320 e. The molecule has 4 aliphatic rings. The molecule has 0 radical (unpaired) electrons. The third-order valence-electron chi connectivity index (χ3n) is 11.3. The molecular formula is C32H53BrO2. The third kappa shape index (κ3) is 5.46. The van der Waals surface area contributed by atoms with Gasteiger partial charge in [-0.3, -0.25) is 4.79 Å². The Morgan fingerprint density at radius 1 is 1.06 bits per heavy atom. The standard InChI is InChI=1S/C32H53BrO2/c1-7-9-29(33)30(34)35-24-16-18-31(5)23(20-24)12-13-25-27-15-14-26(22(4)11-8-10-21(2)3)32(27,6)19-17-28(25)31/h12,21-22,24-29H,7-11,13-20H2,1-6H3/t22-,24+,25+,26-,27-,28+,29+,31+,32-/m1/s1. The molecule has 200 valence electrons. The molecule has 0 spiro atoms. The van der Waals surface area contributed by atoms with Gasteiger partial charge >= 0.3 is 5.97 Å². The summed E-state index contributed by atoms with van der Waals surface area (Å²) in [7, 11) is 0. The Kier molecular flexibility index (Phi) is 8.87. The molecule has 0 aromatic rings. The van der Waals surface area contributed by atoms with Crippen LogP contribution in [0, 0.1) is 46.3 Å². The van der Waals surface area contributed by atoms with E-state index in [1.807, 2.05) is 0 Å². The number of rotatable bonds is 9. The lowest BCUT2D eigenvalue weighted by atomic mass is 9.47. The molecule has 4 aliphatic carbocycles. The number of carbonyl (C=O) groups excluding carboxylic acids is 1. The van der Waals surface area contributed by atoms with Gasteiger partial charge in [0.1, 0.15) is 10.9 Å². The topological polar surface area (TPSA) is 26.3 Å². The first kappa shape index (κ1) is 27.7. The second kappa shape index (κ2) is 11.2. The van der Waals surface area contributed by atoms with Gasteiger partial charge in [-0.05, 0) is 97.7 Å². The van der Waals surface area contributed by atoms with E-state index < -0.39 is 0 Å². The van der Waals surface area contributed by atoms with Crippen LogP contribution in [0.5, 0.6) is 0 Å². The van der Waals surface area contributed by atoms with E-state index in [0.29, 0.717) is 10.8 Å². The van der Waals surface area contributed by atoms with E-state index in [1.165, 1.54) is 57.8 Å². The van der Waals surface area contributed by atoms with Crippen molar-refractivity contribution >= 4 is 21.9 Å². The van der Waals surface area contributed by atoms with Crippen molar-refractivity contribution < 1.29 is 9.53 Å². The predicted molar refractivity (Wildman–Crippen MR) is 151 cm³/mol. The van der Waals surface area contributed by atoms with Crippen LogP contribution in [-0.4, -0.2) is 16.9 Å². The number of hydrogen-bond acceptors (Lipinski definition) is 2. The molecule has 0 aromatic heterocycles. The van der Waals surface area contributed by atoms with Crippen molar-refractivity contribution in [3.05, 3.63) is 11.6 Å². The van der Waals surface area contributed by atoms with Crippen LogP contribution in [-0.2, 0) is 9.53 Å². The minimum absolute atomic E-state index is 0.0531. The van der Waals surface area contributed by atoms with Crippen LogP contribution in [0.25, 0.3) is 0 Å². The Labute approximate surface area is 224 Å². The number of allylic oxidation sites excluding steroid dienone is 1. The first-order valence-corrected chi connectivity index (χ1v) is 16.1. The highest BCUT2D eigenvalue weighted by atomic mass is 79.9. The summed E-state index contributed by atoms with van der Waals surface area (Å²) in [6.45, 7) is 14.7. The van der Waals surface area contributed by atoms with Crippen LogP contribution in [0.1, 0.15) is 125 Å². The molecule has 3 heteroatoms. The summed E-state index contributed by atoms with van der Waals surface area (Å²) in [5.74, 6) is 5.19. The molecule has 3 fully saturated rings. The third-order valence-corrected chi connectivity index (χ3v) is 12.2. The average Bonchev–Trinajstić information content (AvgIpc) is 3.16. The van der Waals surface area contributed by atoms with E-state index >= 15 is 0 Å². The van der Waals surface area contributed by atoms with Crippen LogP contribution in [0.2, 0.25) is 0 Å². The Bertz CT molecular complexity index is 774. The molecule has 4 rings (SSSR count). The van der Waals surface area contributed by atoms with Gasteiger partial charge in [0.25, 0.3) is 0 Å². The summed E-state index contributed by atoms with van der Waals surface area (Å²) in [5.41, 5.74) is 2.49. The van der Waals surface area contributed by atoms with Crippen molar-refractivity contribution in [1.29, 1.82) is 0 Å². The molecule has 0 heterocycles. The lowest BCUT2D eigenvalue weighted by Gasteiger charge is -2.58. The highest BCUT2D eigenvalue weighted by Gasteiger charge is 2.59. The van der Waals surface area contributed by atoms with Crippen LogP contribution in [0.15, 0.2) is 11.6 Å². The fourth-order valence-electron chi connectivity index (χ4n) is 9.36. The Balaban J connectivity index is 1.42. The fraction of sp³-hybridized carbons (Fsp3) is 0.906. The minimum Gasteiger partial charge on any atom is -0.461 e. The average molecular weight is 550 g/mol. The lowest BCUT2D eigenvalue weighted by Crippen LogP contribution is -2.51. The number of ether oxygens (including phenoxy) is 1. The molecule has 0 bridgehead atoms. The van der Waals surface area contributed by atoms with Gasteiger partial charge < -0.3 is 4.74 Å². The molecule has 3 saturated carbocycles. The molecule has 0 amide bonds. The van der Waals surface area contributed by atoms with Gasteiger partial charge in [-0.25, -0.2) is 0 Å². The zero-order valence-electron chi connectivity index (χ0n) is 23.6. The van der Waals surface area contributed by atoms with E-state index in [0.717, 1.165) is 61.2 Å². The number of esters is 1. The highest BCUT2D eigenvalue weighted by Crippen LogP contribution is 2.67. The molecule has 9 atom stereocenters. The molecular weight excluding hydrogens is 496 g/mol. The summed E-state index contributed by atoms with van der Waals surface area (Å²) in [5, 5.41) is 0. The molecule has 0 saturated heterocycles. The van der Waals surface area contributed by atoms with Crippen molar-refractivity contribution in [2.24, 2.45) is 46.3 Å². The normalized spacial score (nSPS) is 40.3. The van der Waals surface area contributed by atoms with Gasteiger partial charge in [0.2, 0.25) is 0 Å². The molecule has 0 N–H and O–H groups in total. The first-order chi connectivity index (χ1) is 16.6. The Morgan fingerprint density at radius 2 is 1.83 bits per heavy atom. The summed E-state index contributed by atoms with van der Waals surface area (Å²) < 4.78 is 5.98. The van der Waals surface area contributed by atoms with E-state index in [4.69, 9.17) is 4.74 Å². The number of halogens is 1. The monoisotopic (exact) mass is 548 g/mol. The summed E-state index contributed by atoms with van der Waals surface area (Å²) in [4.78, 5) is 12.4. The maximum atomic E-state index is 12.5. The highest BCUT2D eigenvalue weighted by molar-refractivity contribution is 9.10. The maximum absolute atomic E-state index is 12.5. The second-order valence-corrected chi connectivity index (χ2v) is 15.0. The van der Waals surface area contributed by atoms with Crippen LogP contribution in [0.3, 0.4) is 0 Å². The Hall–Kier alpha value is -0.310. The lowest BCUT2D eigenvalue weighted by molar-refractivity contribution is -0.150. The second-order valence-electron chi connectivity index (χ2n) is 13.8. The van der Waals surface area contributed by atoms with E-state index in [2.05, 4.69) is 63.5 Å². The van der Waals surface area contributed by atoms with E-state index in [-0.39, 0.29) is 16.9 Å². The van der Waals surface area contributed by atoms with Crippen LogP contribution < -0.4 is 0 Å². The van der Waals surface area contributed by atoms with Gasteiger partial charge in [0, 0.05) is 6.42 Å². The van der Waals surface area contributed by atoms with Gasteiger partial charge in [0.15, 0.2) is 0 Å².